The molecule has 1 aromatic heterocycles. The van der Waals surface area contributed by atoms with E-state index >= 15 is 0 Å². The van der Waals surface area contributed by atoms with Crippen molar-refractivity contribution in [2.24, 2.45) is 5.73 Å². The lowest BCUT2D eigenvalue weighted by Gasteiger charge is -2.12. The number of methoxy groups -OCH3 is 1. The van der Waals surface area contributed by atoms with Crippen LogP contribution in [0.5, 0.6) is 17.2 Å². The Morgan fingerprint density at radius 2 is 1.88 bits per heavy atom. The number of hydrogen-bond acceptors (Lipinski definition) is 6. The van der Waals surface area contributed by atoms with E-state index in [4.69, 9.17) is 10.5 Å². The van der Waals surface area contributed by atoms with Crippen molar-refractivity contribution in [3.8, 4) is 17.2 Å². The summed E-state index contributed by atoms with van der Waals surface area (Å²) >= 11 is 0. The molecule has 0 bridgehead atoms. The van der Waals surface area contributed by atoms with Crippen molar-refractivity contribution in [1.82, 2.24) is 4.98 Å². The molecule has 1 heterocycles. The van der Waals surface area contributed by atoms with E-state index in [0.717, 1.165) is 0 Å². The number of esters is 1. The summed E-state index contributed by atoms with van der Waals surface area (Å²) in [6.45, 7) is 0.107. The lowest BCUT2D eigenvalue weighted by Crippen LogP contribution is -2.10. The molecular formula is C18H16N2O4. The highest BCUT2D eigenvalue weighted by Gasteiger charge is 2.19. The van der Waals surface area contributed by atoms with E-state index in [-0.39, 0.29) is 18.0 Å². The van der Waals surface area contributed by atoms with Gasteiger partial charge in [0.2, 0.25) is 0 Å². The molecule has 3 N–H and O–H groups in total. The average Bonchev–Trinajstić information content (AvgIpc) is 2.62. The molecule has 3 aromatic rings. The van der Waals surface area contributed by atoms with E-state index in [1.54, 1.807) is 18.2 Å². The van der Waals surface area contributed by atoms with E-state index in [1.807, 2.05) is 30.3 Å². The molecule has 0 aliphatic rings. The maximum atomic E-state index is 11.7. The predicted octanol–water partition coefficient (Wildman–Crippen LogP) is 2.98. The van der Waals surface area contributed by atoms with Gasteiger partial charge in [0, 0.05) is 17.3 Å². The van der Waals surface area contributed by atoms with Crippen molar-refractivity contribution in [2.75, 3.05) is 7.11 Å². The summed E-state index contributed by atoms with van der Waals surface area (Å²) in [6, 6.07) is 14.4. The average molecular weight is 324 g/mol. The summed E-state index contributed by atoms with van der Waals surface area (Å²) in [6.07, 6.45) is 0. The van der Waals surface area contributed by atoms with Crippen LogP contribution < -0.4 is 10.5 Å². The number of ether oxygens (including phenoxy) is 2. The van der Waals surface area contributed by atoms with E-state index in [2.05, 4.69) is 9.72 Å². The molecule has 0 atom stereocenters. The second kappa shape index (κ2) is 6.55. The second-order valence-electron chi connectivity index (χ2n) is 5.07. The van der Waals surface area contributed by atoms with E-state index in [9.17, 15) is 9.90 Å². The summed E-state index contributed by atoms with van der Waals surface area (Å²) in [5.74, 6) is 0.318. The molecule has 0 fully saturated rings. The Morgan fingerprint density at radius 1 is 1.12 bits per heavy atom. The summed E-state index contributed by atoms with van der Waals surface area (Å²) in [4.78, 5) is 15.9. The molecule has 6 heteroatoms. The highest BCUT2D eigenvalue weighted by molar-refractivity contribution is 6.00. The van der Waals surface area contributed by atoms with Crippen LogP contribution in [0, 0.1) is 0 Å². The number of aromatic hydroxyl groups is 1. The van der Waals surface area contributed by atoms with Crippen LogP contribution in [0.2, 0.25) is 0 Å². The van der Waals surface area contributed by atoms with Crippen molar-refractivity contribution in [2.45, 2.75) is 6.54 Å². The Hall–Kier alpha value is -3.12. The first-order valence-electron chi connectivity index (χ1n) is 7.31. The maximum absolute atomic E-state index is 11.7. The molecule has 0 radical (unpaired) electrons. The summed E-state index contributed by atoms with van der Waals surface area (Å²) in [5, 5.41) is 11.4. The molecule has 2 aromatic carbocycles. The first kappa shape index (κ1) is 15.8. The number of rotatable bonds is 4. The Morgan fingerprint density at radius 3 is 2.54 bits per heavy atom. The number of benzene rings is 2. The summed E-state index contributed by atoms with van der Waals surface area (Å²) in [7, 11) is 1.23. The van der Waals surface area contributed by atoms with Crippen molar-refractivity contribution in [1.29, 1.82) is 0 Å². The number of aromatic nitrogens is 1. The van der Waals surface area contributed by atoms with E-state index in [0.29, 0.717) is 28.0 Å². The van der Waals surface area contributed by atoms with Crippen LogP contribution in [-0.2, 0) is 11.3 Å². The van der Waals surface area contributed by atoms with Crippen LogP contribution >= 0.6 is 0 Å². The lowest BCUT2D eigenvalue weighted by atomic mass is 10.1. The molecule has 6 nitrogen and oxygen atoms in total. The van der Waals surface area contributed by atoms with E-state index < -0.39 is 5.97 Å². The van der Waals surface area contributed by atoms with Gasteiger partial charge >= 0.3 is 5.97 Å². The number of fused-ring (bicyclic) bond motifs is 1. The SMILES string of the molecule is COC(=O)c1nc(CN)c2cc(Oc3ccccc3)ccc2c1O. The normalized spacial score (nSPS) is 10.6. The first-order chi connectivity index (χ1) is 11.6. The Bertz CT molecular complexity index is 894. The van der Waals surface area contributed by atoms with Gasteiger partial charge in [-0.05, 0) is 30.3 Å². The number of nitrogens with two attached hydrogens (primary N) is 1. The monoisotopic (exact) mass is 324 g/mol. The summed E-state index contributed by atoms with van der Waals surface area (Å²) in [5.41, 5.74) is 6.07. The van der Waals surface area contributed by atoms with Crippen molar-refractivity contribution in [3.05, 3.63) is 59.9 Å². The lowest BCUT2D eigenvalue weighted by molar-refractivity contribution is 0.0590. The van der Waals surface area contributed by atoms with Gasteiger partial charge in [-0.3, -0.25) is 0 Å². The number of nitrogens with zero attached hydrogens (tertiary/aromatic N) is 1. The third-order valence-electron chi connectivity index (χ3n) is 3.58. The molecule has 122 valence electrons. The fourth-order valence-electron chi connectivity index (χ4n) is 2.43. The van der Waals surface area contributed by atoms with Crippen LogP contribution in [0.15, 0.2) is 48.5 Å². The molecule has 0 aliphatic carbocycles. The van der Waals surface area contributed by atoms with E-state index in [1.165, 1.54) is 7.11 Å². The fourth-order valence-corrected chi connectivity index (χ4v) is 2.43. The molecule has 0 amide bonds. The predicted molar refractivity (Wildman–Crippen MR) is 89.2 cm³/mol. The van der Waals surface area contributed by atoms with Crippen LogP contribution in [-0.4, -0.2) is 23.2 Å². The third-order valence-corrected chi connectivity index (χ3v) is 3.58. The van der Waals surface area contributed by atoms with Crippen molar-refractivity contribution < 1.29 is 19.4 Å². The second-order valence-corrected chi connectivity index (χ2v) is 5.07. The molecule has 0 unspecified atom stereocenters. The largest absolute Gasteiger partial charge is 0.505 e. The minimum absolute atomic E-state index is 0.107. The zero-order valence-electron chi connectivity index (χ0n) is 13.0. The van der Waals surface area contributed by atoms with Gasteiger partial charge in [-0.15, -0.1) is 0 Å². The fraction of sp³-hybridized carbons (Fsp3) is 0.111. The molecule has 0 saturated heterocycles. The minimum atomic E-state index is -0.714. The number of carbonyl (C=O) groups excluding carboxylic acids is 1. The van der Waals surface area contributed by atoms with Gasteiger partial charge in [0.15, 0.2) is 11.4 Å². The van der Waals surface area contributed by atoms with Crippen LogP contribution in [0.4, 0.5) is 0 Å². The Balaban J connectivity index is 2.11. The Kier molecular flexibility index (Phi) is 4.31. The molecule has 24 heavy (non-hydrogen) atoms. The molecule has 3 rings (SSSR count). The molecule has 0 saturated carbocycles. The Labute approximate surface area is 138 Å². The molecule has 0 spiro atoms. The first-order valence-corrected chi connectivity index (χ1v) is 7.31. The van der Waals surface area contributed by atoms with Crippen LogP contribution in [0.25, 0.3) is 10.8 Å². The third kappa shape index (κ3) is 2.87. The maximum Gasteiger partial charge on any atom is 0.360 e. The van der Waals surface area contributed by atoms with Crippen molar-refractivity contribution >= 4 is 16.7 Å². The van der Waals surface area contributed by atoms with Crippen LogP contribution in [0.1, 0.15) is 16.2 Å². The zero-order chi connectivity index (χ0) is 17.1. The highest BCUT2D eigenvalue weighted by Crippen LogP contribution is 2.33. The smallest absolute Gasteiger partial charge is 0.360 e. The number of pyridine rings is 1. The van der Waals surface area contributed by atoms with Gasteiger partial charge in [0.1, 0.15) is 11.5 Å². The zero-order valence-corrected chi connectivity index (χ0v) is 13.0. The quantitative estimate of drug-likeness (QED) is 0.716. The molecular weight excluding hydrogens is 308 g/mol. The van der Waals surface area contributed by atoms with Gasteiger partial charge in [-0.2, -0.15) is 0 Å². The van der Waals surface area contributed by atoms with Gasteiger partial charge in [0.05, 0.1) is 12.8 Å². The minimum Gasteiger partial charge on any atom is -0.505 e. The van der Waals surface area contributed by atoms with Crippen LogP contribution in [0.3, 0.4) is 0 Å². The van der Waals surface area contributed by atoms with Gasteiger partial charge in [-0.1, -0.05) is 18.2 Å². The number of para-hydroxylation sites is 1. The number of carbonyl (C=O) groups is 1. The summed E-state index contributed by atoms with van der Waals surface area (Å²) < 4.78 is 10.4. The topological polar surface area (TPSA) is 94.7 Å². The van der Waals surface area contributed by atoms with Gasteiger partial charge < -0.3 is 20.3 Å². The van der Waals surface area contributed by atoms with Gasteiger partial charge in [0.25, 0.3) is 0 Å². The van der Waals surface area contributed by atoms with Gasteiger partial charge in [-0.25, -0.2) is 9.78 Å². The molecule has 0 aliphatic heterocycles. The highest BCUT2D eigenvalue weighted by atomic mass is 16.5. The number of hydrogen-bond donors (Lipinski definition) is 2. The van der Waals surface area contributed by atoms with Crippen molar-refractivity contribution in [3.63, 3.8) is 0 Å². The standard InChI is InChI=1S/C18H16N2O4/c1-23-18(22)16-17(21)13-8-7-12(9-14(13)15(10-19)20-16)24-11-5-3-2-4-6-11/h2-9,21H,10,19H2,1H3.